The second kappa shape index (κ2) is 7.77. The summed E-state index contributed by atoms with van der Waals surface area (Å²) in [6.45, 7) is 8.41. The zero-order valence-corrected chi connectivity index (χ0v) is 16.2. The maximum Gasteiger partial charge on any atom is 0.274 e. The molecular weight excluding hydrogens is 359 g/mol. The minimum Gasteiger partial charge on any atom is -0.328 e. The summed E-state index contributed by atoms with van der Waals surface area (Å²) < 4.78 is 0. The number of rotatable bonds is 2. The molecule has 1 aliphatic rings. The normalized spacial score (nSPS) is 17.9. The molecule has 1 aromatic carbocycles. The van der Waals surface area contributed by atoms with Gasteiger partial charge in [0.25, 0.3) is 5.91 Å². The van der Waals surface area contributed by atoms with Crippen molar-refractivity contribution in [1.82, 2.24) is 20.4 Å². The molecule has 1 fully saturated rings. The van der Waals surface area contributed by atoms with E-state index in [1.54, 1.807) is 0 Å². The fourth-order valence-electron chi connectivity index (χ4n) is 2.92. The first-order chi connectivity index (χ1) is 11.4. The predicted octanol–water partition coefficient (Wildman–Crippen LogP) is 3.57. The number of hydrogen-bond donors (Lipinski definition) is 2. The van der Waals surface area contributed by atoms with Crippen LogP contribution in [0.25, 0.3) is 0 Å². The van der Waals surface area contributed by atoms with E-state index in [2.05, 4.69) is 36.3 Å². The number of aromatic nitrogens is 2. The Morgan fingerprint density at radius 1 is 1.32 bits per heavy atom. The van der Waals surface area contributed by atoms with E-state index < -0.39 is 0 Å². The Hall–Kier alpha value is -1.56. The van der Waals surface area contributed by atoms with Crippen LogP contribution < -0.4 is 5.32 Å². The van der Waals surface area contributed by atoms with Gasteiger partial charge in [-0.05, 0) is 23.8 Å². The van der Waals surface area contributed by atoms with Crippen LogP contribution in [0, 0.1) is 0 Å². The van der Waals surface area contributed by atoms with Crippen molar-refractivity contribution in [1.29, 1.82) is 0 Å². The molecule has 2 N–H and O–H groups in total. The van der Waals surface area contributed by atoms with Crippen molar-refractivity contribution >= 4 is 29.9 Å². The average Bonchev–Trinajstić information content (AvgIpc) is 3.04. The summed E-state index contributed by atoms with van der Waals surface area (Å²) in [5.41, 5.74) is 2.39. The van der Waals surface area contributed by atoms with E-state index in [4.69, 9.17) is 11.6 Å². The molecule has 0 aliphatic carbocycles. The number of nitrogens with zero attached hydrogens (tertiary/aromatic N) is 2. The van der Waals surface area contributed by atoms with Gasteiger partial charge in [0.2, 0.25) is 0 Å². The number of H-pyrrole nitrogens is 1. The third kappa shape index (κ3) is 4.35. The first-order valence-corrected chi connectivity index (χ1v) is 8.57. The van der Waals surface area contributed by atoms with Gasteiger partial charge in [-0.3, -0.25) is 9.89 Å². The predicted molar refractivity (Wildman–Crippen MR) is 103 cm³/mol. The Bertz CT molecular complexity index is 739. The monoisotopic (exact) mass is 382 g/mol. The molecule has 25 heavy (non-hydrogen) atoms. The summed E-state index contributed by atoms with van der Waals surface area (Å²) in [5.74, 6) is -0.0479. The van der Waals surface area contributed by atoms with Gasteiger partial charge in [0.15, 0.2) is 0 Å². The fourth-order valence-corrected chi connectivity index (χ4v) is 3.12. The molecule has 136 valence electrons. The summed E-state index contributed by atoms with van der Waals surface area (Å²) >= 11 is 6.12. The van der Waals surface area contributed by atoms with Gasteiger partial charge < -0.3 is 10.2 Å². The number of aromatic amines is 1. The number of benzene rings is 1. The van der Waals surface area contributed by atoms with Gasteiger partial charge in [-0.15, -0.1) is 12.4 Å². The van der Waals surface area contributed by atoms with Crippen LogP contribution in [0.15, 0.2) is 30.3 Å². The van der Waals surface area contributed by atoms with Crippen LogP contribution in [0.4, 0.5) is 0 Å². The number of piperazine rings is 1. The zero-order chi connectivity index (χ0) is 17.3. The van der Waals surface area contributed by atoms with Crippen LogP contribution >= 0.6 is 24.0 Å². The average molecular weight is 383 g/mol. The highest BCUT2D eigenvalue weighted by atomic mass is 35.5. The molecule has 5 nitrogen and oxygen atoms in total. The number of carbonyl (C=O) groups excluding carboxylic acids is 1. The van der Waals surface area contributed by atoms with Crippen molar-refractivity contribution < 1.29 is 4.79 Å². The molecule has 0 saturated carbocycles. The molecule has 1 unspecified atom stereocenters. The van der Waals surface area contributed by atoms with Crippen molar-refractivity contribution in [2.45, 2.75) is 32.2 Å². The molecule has 7 heteroatoms. The molecule has 1 saturated heterocycles. The van der Waals surface area contributed by atoms with Crippen LogP contribution in [0.2, 0.25) is 5.02 Å². The molecular formula is C18H24Cl2N4O. The highest BCUT2D eigenvalue weighted by Gasteiger charge is 2.30. The highest BCUT2D eigenvalue weighted by Crippen LogP contribution is 2.27. The van der Waals surface area contributed by atoms with Crippen LogP contribution in [-0.4, -0.2) is 40.6 Å². The van der Waals surface area contributed by atoms with E-state index in [1.807, 2.05) is 35.2 Å². The van der Waals surface area contributed by atoms with Gasteiger partial charge in [0.05, 0.1) is 6.04 Å². The lowest BCUT2D eigenvalue weighted by atomic mass is 9.92. The molecule has 1 aromatic heterocycles. The third-order valence-electron chi connectivity index (χ3n) is 4.34. The second-order valence-electron chi connectivity index (χ2n) is 7.19. The van der Waals surface area contributed by atoms with E-state index in [0.717, 1.165) is 17.8 Å². The maximum atomic E-state index is 13.0. The summed E-state index contributed by atoms with van der Waals surface area (Å²) in [6.07, 6.45) is 0. The minimum absolute atomic E-state index is 0. The lowest BCUT2D eigenvalue weighted by Crippen LogP contribution is -2.48. The summed E-state index contributed by atoms with van der Waals surface area (Å²) in [4.78, 5) is 14.9. The number of halogens is 2. The number of amides is 1. The van der Waals surface area contributed by atoms with Gasteiger partial charge in [-0.25, -0.2) is 0 Å². The van der Waals surface area contributed by atoms with Crippen LogP contribution in [0.3, 0.4) is 0 Å². The van der Waals surface area contributed by atoms with E-state index in [0.29, 0.717) is 23.8 Å². The zero-order valence-electron chi connectivity index (χ0n) is 14.7. The second-order valence-corrected chi connectivity index (χ2v) is 7.63. The van der Waals surface area contributed by atoms with Crippen molar-refractivity contribution in [3.8, 4) is 0 Å². The number of nitrogens with one attached hydrogen (secondary N) is 2. The number of hydrogen-bond acceptors (Lipinski definition) is 3. The van der Waals surface area contributed by atoms with Gasteiger partial charge in [-0.2, -0.15) is 5.10 Å². The SMILES string of the molecule is CC(C)(C)c1cc(C(=O)N2CCNCC2c2cccc(Cl)c2)n[nH]1.Cl. The Morgan fingerprint density at radius 3 is 2.72 bits per heavy atom. The largest absolute Gasteiger partial charge is 0.328 e. The lowest BCUT2D eigenvalue weighted by molar-refractivity contribution is 0.0628. The molecule has 0 radical (unpaired) electrons. The topological polar surface area (TPSA) is 61.0 Å². The van der Waals surface area contributed by atoms with Gasteiger partial charge in [0.1, 0.15) is 5.69 Å². The first-order valence-electron chi connectivity index (χ1n) is 8.19. The molecule has 2 heterocycles. The van der Waals surface area contributed by atoms with Gasteiger partial charge in [0, 0.05) is 35.8 Å². The van der Waals surface area contributed by atoms with E-state index in [1.165, 1.54) is 0 Å². The lowest BCUT2D eigenvalue weighted by Gasteiger charge is -2.36. The van der Waals surface area contributed by atoms with E-state index in [-0.39, 0.29) is 29.8 Å². The molecule has 2 aromatic rings. The van der Waals surface area contributed by atoms with Crippen LogP contribution in [0.1, 0.15) is 48.6 Å². The Kier molecular flexibility index (Phi) is 6.14. The quantitative estimate of drug-likeness (QED) is 0.834. The summed E-state index contributed by atoms with van der Waals surface area (Å²) in [6, 6.07) is 9.51. The summed E-state index contributed by atoms with van der Waals surface area (Å²) in [5, 5.41) is 11.3. The molecule has 3 rings (SSSR count). The van der Waals surface area contributed by atoms with E-state index in [9.17, 15) is 4.79 Å². The smallest absolute Gasteiger partial charge is 0.274 e. The molecule has 1 atom stereocenters. The van der Waals surface area contributed by atoms with Crippen LogP contribution in [-0.2, 0) is 5.41 Å². The first kappa shape index (κ1) is 19.8. The Labute approximate surface area is 159 Å². The minimum atomic E-state index is -0.0681. The fraction of sp³-hybridized carbons (Fsp3) is 0.444. The highest BCUT2D eigenvalue weighted by molar-refractivity contribution is 6.30. The Balaban J connectivity index is 0.00000225. The molecule has 0 spiro atoms. The van der Waals surface area contributed by atoms with Crippen molar-refractivity contribution in [2.24, 2.45) is 0 Å². The summed E-state index contributed by atoms with van der Waals surface area (Å²) in [7, 11) is 0. The van der Waals surface area contributed by atoms with Gasteiger partial charge in [-0.1, -0.05) is 44.5 Å². The van der Waals surface area contributed by atoms with E-state index >= 15 is 0 Å². The van der Waals surface area contributed by atoms with Crippen molar-refractivity contribution in [3.05, 3.63) is 52.3 Å². The van der Waals surface area contributed by atoms with Crippen molar-refractivity contribution in [2.75, 3.05) is 19.6 Å². The molecule has 1 aliphatic heterocycles. The Morgan fingerprint density at radius 2 is 2.08 bits per heavy atom. The molecule has 0 bridgehead atoms. The van der Waals surface area contributed by atoms with Crippen molar-refractivity contribution in [3.63, 3.8) is 0 Å². The van der Waals surface area contributed by atoms with Crippen LogP contribution in [0.5, 0.6) is 0 Å². The standard InChI is InChI=1S/C18H23ClN4O.ClH/c1-18(2,3)16-10-14(21-22-16)17(24)23-8-7-20-11-15(23)12-5-4-6-13(19)9-12;/h4-6,9-10,15,20H,7-8,11H2,1-3H3,(H,21,22);1H. The number of carbonyl (C=O) groups is 1. The van der Waals surface area contributed by atoms with Gasteiger partial charge >= 0.3 is 0 Å². The third-order valence-corrected chi connectivity index (χ3v) is 4.58. The maximum absolute atomic E-state index is 13.0. The molecule has 1 amide bonds.